The van der Waals surface area contributed by atoms with Crippen LogP contribution in [0, 0.1) is 5.82 Å². The lowest BCUT2D eigenvalue weighted by molar-refractivity contribution is -0.185. The molecule has 0 radical (unpaired) electrons. The van der Waals surface area contributed by atoms with E-state index < -0.39 is 29.1 Å². The van der Waals surface area contributed by atoms with Crippen LogP contribution in [0.1, 0.15) is 32.1 Å². The standard InChI is InChI=1S/C29H28F4N4O5/c1-16(38)34-7-8-41-24-11-19-9-20(15-35-22(19)13-23(24)40-4)17-5-6-18(21(30)10-17)12-27(39)36-26-14-25(42-37-26)28(2,3)29(31,32)33/h5-6,9-11,13-15H,7-8,12H2,1-4H3,(H,34,38)(H,36,37,39). The Morgan fingerprint density at radius 3 is 2.45 bits per heavy atom. The van der Waals surface area contributed by atoms with Gasteiger partial charge in [0.15, 0.2) is 23.1 Å². The first-order chi connectivity index (χ1) is 19.8. The van der Waals surface area contributed by atoms with Crippen LogP contribution in [0.3, 0.4) is 0 Å². The summed E-state index contributed by atoms with van der Waals surface area (Å²) in [6.45, 7) is 3.81. The van der Waals surface area contributed by atoms with Crippen molar-refractivity contribution < 1.29 is 41.1 Å². The van der Waals surface area contributed by atoms with Gasteiger partial charge in [0.2, 0.25) is 11.8 Å². The van der Waals surface area contributed by atoms with Crippen LogP contribution in [0.2, 0.25) is 0 Å². The second kappa shape index (κ2) is 12.0. The van der Waals surface area contributed by atoms with E-state index >= 15 is 4.39 Å². The van der Waals surface area contributed by atoms with Gasteiger partial charge in [-0.3, -0.25) is 14.6 Å². The molecule has 0 atom stereocenters. The molecule has 0 aliphatic heterocycles. The first kappa shape index (κ1) is 30.3. The number of nitrogens with one attached hydrogen (secondary N) is 2. The number of carbonyl (C=O) groups is 2. The van der Waals surface area contributed by atoms with Crippen molar-refractivity contribution in [2.75, 3.05) is 25.6 Å². The van der Waals surface area contributed by atoms with Crippen molar-refractivity contribution in [1.82, 2.24) is 15.5 Å². The molecule has 0 bridgehead atoms. The molecule has 42 heavy (non-hydrogen) atoms. The number of anilines is 1. The van der Waals surface area contributed by atoms with Crippen LogP contribution < -0.4 is 20.1 Å². The van der Waals surface area contributed by atoms with Gasteiger partial charge in [-0.05, 0) is 43.2 Å². The molecule has 0 aliphatic carbocycles. The molecule has 0 unspecified atom stereocenters. The first-order valence-corrected chi connectivity index (χ1v) is 12.8. The number of carbonyl (C=O) groups excluding carboxylic acids is 2. The van der Waals surface area contributed by atoms with Gasteiger partial charge >= 0.3 is 6.18 Å². The number of hydrogen-bond acceptors (Lipinski definition) is 7. The van der Waals surface area contributed by atoms with Gasteiger partial charge in [-0.25, -0.2) is 4.39 Å². The van der Waals surface area contributed by atoms with E-state index in [1.165, 1.54) is 26.2 Å². The van der Waals surface area contributed by atoms with Gasteiger partial charge in [0.05, 0.1) is 25.6 Å². The van der Waals surface area contributed by atoms with E-state index in [0.29, 0.717) is 40.1 Å². The molecule has 2 amide bonds. The van der Waals surface area contributed by atoms with E-state index in [2.05, 4.69) is 20.8 Å². The normalized spacial score (nSPS) is 11.8. The monoisotopic (exact) mass is 588 g/mol. The van der Waals surface area contributed by atoms with Crippen LogP contribution in [0.5, 0.6) is 11.5 Å². The van der Waals surface area contributed by atoms with Crippen LogP contribution in [0.4, 0.5) is 23.4 Å². The summed E-state index contributed by atoms with van der Waals surface area (Å²) < 4.78 is 70.7. The predicted octanol–water partition coefficient (Wildman–Crippen LogP) is 5.57. The smallest absolute Gasteiger partial charge is 0.401 e. The maximum Gasteiger partial charge on any atom is 0.401 e. The minimum atomic E-state index is -4.59. The van der Waals surface area contributed by atoms with E-state index in [0.717, 1.165) is 19.9 Å². The minimum absolute atomic E-state index is 0.0731. The molecule has 2 aromatic carbocycles. The van der Waals surface area contributed by atoms with Crippen molar-refractivity contribution >= 4 is 28.5 Å². The first-order valence-electron chi connectivity index (χ1n) is 12.8. The van der Waals surface area contributed by atoms with Crippen LogP contribution >= 0.6 is 0 Å². The average Bonchev–Trinajstić information content (AvgIpc) is 3.39. The van der Waals surface area contributed by atoms with Crippen LogP contribution in [-0.2, 0) is 21.4 Å². The SMILES string of the molecule is COc1cc2ncc(-c3ccc(CC(=O)Nc4cc(C(C)(C)C(F)(F)F)on4)c(F)c3)cc2cc1OCCNC(C)=O. The summed E-state index contributed by atoms with van der Waals surface area (Å²) in [6.07, 6.45) is -3.40. The third-order valence-corrected chi connectivity index (χ3v) is 6.54. The van der Waals surface area contributed by atoms with Crippen molar-refractivity contribution in [1.29, 1.82) is 0 Å². The fraction of sp³-hybridized carbons (Fsp3) is 0.310. The molecule has 222 valence electrons. The molecule has 0 spiro atoms. The second-order valence-corrected chi connectivity index (χ2v) is 9.98. The van der Waals surface area contributed by atoms with E-state index in [4.69, 9.17) is 14.0 Å². The lowest BCUT2D eigenvalue weighted by atomic mass is 9.89. The van der Waals surface area contributed by atoms with Gasteiger partial charge in [-0.1, -0.05) is 17.3 Å². The number of amides is 2. The molecule has 2 heterocycles. The maximum absolute atomic E-state index is 15.0. The molecule has 13 heteroatoms. The summed E-state index contributed by atoms with van der Waals surface area (Å²) in [6, 6.07) is 10.6. The Balaban J connectivity index is 1.47. The molecule has 2 N–H and O–H groups in total. The molecular formula is C29H28F4N4O5. The van der Waals surface area contributed by atoms with Gasteiger partial charge in [0.25, 0.3) is 0 Å². The Labute approximate surface area is 238 Å². The third kappa shape index (κ3) is 6.78. The number of alkyl halides is 3. The molecule has 2 aromatic heterocycles. The fourth-order valence-corrected chi connectivity index (χ4v) is 3.95. The number of nitrogens with zero attached hydrogens (tertiary/aromatic N) is 2. The molecule has 0 saturated heterocycles. The Hall–Kier alpha value is -4.68. The lowest BCUT2D eigenvalue weighted by Crippen LogP contribution is -2.35. The minimum Gasteiger partial charge on any atom is -0.493 e. The van der Waals surface area contributed by atoms with Crippen molar-refractivity contribution in [2.24, 2.45) is 0 Å². The molecule has 4 aromatic rings. The van der Waals surface area contributed by atoms with Gasteiger partial charge in [-0.2, -0.15) is 13.2 Å². The summed E-state index contributed by atoms with van der Waals surface area (Å²) in [5.41, 5.74) is -0.506. The van der Waals surface area contributed by atoms with E-state index in [-0.39, 0.29) is 30.3 Å². The lowest BCUT2D eigenvalue weighted by Gasteiger charge is -2.24. The molecule has 0 saturated carbocycles. The van der Waals surface area contributed by atoms with Crippen molar-refractivity contribution in [3.05, 3.63) is 65.8 Å². The average molecular weight is 589 g/mol. The van der Waals surface area contributed by atoms with Crippen molar-refractivity contribution in [3.63, 3.8) is 0 Å². The number of methoxy groups -OCH3 is 1. The quantitative estimate of drug-likeness (QED) is 0.184. The molecular weight excluding hydrogens is 560 g/mol. The second-order valence-electron chi connectivity index (χ2n) is 9.98. The van der Waals surface area contributed by atoms with Gasteiger partial charge < -0.3 is 24.6 Å². The largest absolute Gasteiger partial charge is 0.493 e. The van der Waals surface area contributed by atoms with E-state index in [9.17, 15) is 22.8 Å². The number of pyridine rings is 1. The van der Waals surface area contributed by atoms with Crippen molar-refractivity contribution in [2.45, 2.75) is 38.8 Å². The molecule has 0 aliphatic rings. The Morgan fingerprint density at radius 1 is 1.02 bits per heavy atom. The number of benzene rings is 2. The number of fused-ring (bicyclic) bond motifs is 1. The van der Waals surface area contributed by atoms with E-state index in [1.807, 2.05) is 0 Å². The van der Waals surface area contributed by atoms with E-state index in [1.54, 1.807) is 30.5 Å². The molecule has 0 fully saturated rings. The maximum atomic E-state index is 15.0. The third-order valence-electron chi connectivity index (χ3n) is 6.54. The number of hydrogen-bond donors (Lipinski definition) is 2. The number of rotatable bonds is 10. The number of aromatic nitrogens is 2. The summed E-state index contributed by atoms with van der Waals surface area (Å²) in [7, 11) is 1.50. The van der Waals surface area contributed by atoms with Crippen LogP contribution in [-0.4, -0.2) is 48.4 Å². The Kier molecular flexibility index (Phi) is 8.69. The topological polar surface area (TPSA) is 116 Å². The molecule has 9 nitrogen and oxygen atoms in total. The number of halogens is 4. The Bertz CT molecular complexity index is 1620. The Morgan fingerprint density at radius 2 is 1.79 bits per heavy atom. The summed E-state index contributed by atoms with van der Waals surface area (Å²) in [4.78, 5) is 28.0. The van der Waals surface area contributed by atoms with Crippen molar-refractivity contribution in [3.8, 4) is 22.6 Å². The van der Waals surface area contributed by atoms with Gasteiger partial charge in [0.1, 0.15) is 17.8 Å². The number of ether oxygens (including phenoxy) is 2. The highest BCUT2D eigenvalue weighted by Crippen LogP contribution is 2.41. The summed E-state index contributed by atoms with van der Waals surface area (Å²) >= 11 is 0. The molecule has 4 rings (SSSR count). The van der Waals surface area contributed by atoms with Crippen LogP contribution in [0.25, 0.3) is 22.0 Å². The highest BCUT2D eigenvalue weighted by Gasteiger charge is 2.51. The highest BCUT2D eigenvalue weighted by atomic mass is 19.4. The highest BCUT2D eigenvalue weighted by molar-refractivity contribution is 5.91. The zero-order chi connectivity index (χ0) is 30.7. The fourth-order valence-electron chi connectivity index (χ4n) is 3.95. The zero-order valence-corrected chi connectivity index (χ0v) is 23.2. The van der Waals surface area contributed by atoms with Crippen LogP contribution in [0.15, 0.2) is 53.2 Å². The van der Waals surface area contributed by atoms with Gasteiger partial charge in [-0.15, -0.1) is 0 Å². The summed E-state index contributed by atoms with van der Waals surface area (Å²) in [5, 5.41) is 9.16. The van der Waals surface area contributed by atoms with Gasteiger partial charge in [0, 0.05) is 36.2 Å². The zero-order valence-electron chi connectivity index (χ0n) is 23.2. The summed E-state index contributed by atoms with van der Waals surface area (Å²) in [5.74, 6) is -1.27. The predicted molar refractivity (Wildman–Crippen MR) is 146 cm³/mol.